The van der Waals surface area contributed by atoms with Crippen LogP contribution >= 0.6 is 0 Å². The zero-order valence-corrected chi connectivity index (χ0v) is 10.4. The Bertz CT molecular complexity index is 353. The third kappa shape index (κ3) is 3.24. The Labute approximate surface area is 101 Å². The van der Waals surface area contributed by atoms with E-state index in [1.807, 2.05) is 14.1 Å². The number of ether oxygens (including phenoxy) is 1. The Morgan fingerprint density at radius 3 is 2.88 bits per heavy atom. The maximum Gasteiger partial charge on any atom is 0.255 e. The zero-order chi connectivity index (χ0) is 12.3. The van der Waals surface area contributed by atoms with Crippen LogP contribution in [0.2, 0.25) is 0 Å². The van der Waals surface area contributed by atoms with Crippen molar-refractivity contribution < 1.29 is 9.26 Å². The summed E-state index contributed by atoms with van der Waals surface area (Å²) in [5.74, 6) is 1.34. The van der Waals surface area contributed by atoms with Crippen LogP contribution in [0.3, 0.4) is 0 Å². The molecule has 0 bridgehead atoms. The van der Waals surface area contributed by atoms with Crippen LogP contribution in [-0.2, 0) is 11.2 Å². The highest BCUT2D eigenvalue weighted by atomic mass is 16.5. The monoisotopic (exact) mass is 240 g/mol. The summed E-state index contributed by atoms with van der Waals surface area (Å²) in [6, 6.07) is 0. The summed E-state index contributed by atoms with van der Waals surface area (Å²) in [5.41, 5.74) is 5.56. The molecule has 2 atom stereocenters. The molecule has 0 spiro atoms. The average molecular weight is 240 g/mol. The van der Waals surface area contributed by atoms with Gasteiger partial charge in [0.15, 0.2) is 5.82 Å². The van der Waals surface area contributed by atoms with Crippen LogP contribution in [0.1, 0.15) is 30.7 Å². The molecule has 0 amide bonds. The molecule has 17 heavy (non-hydrogen) atoms. The molecule has 1 aliphatic rings. The molecular weight excluding hydrogens is 220 g/mol. The van der Waals surface area contributed by atoms with E-state index in [1.54, 1.807) is 0 Å². The van der Waals surface area contributed by atoms with Gasteiger partial charge in [0.2, 0.25) is 0 Å². The van der Waals surface area contributed by atoms with Gasteiger partial charge in [-0.25, -0.2) is 0 Å². The normalized spacial score (nSPS) is 24.7. The molecule has 2 rings (SSSR count). The van der Waals surface area contributed by atoms with Gasteiger partial charge in [-0.1, -0.05) is 5.16 Å². The third-order valence-electron chi connectivity index (χ3n) is 2.91. The molecule has 1 saturated heterocycles. The second-order valence-electron chi connectivity index (χ2n) is 4.66. The highest BCUT2D eigenvalue weighted by molar-refractivity contribution is 4.93. The maximum atomic E-state index is 5.70. The van der Waals surface area contributed by atoms with Crippen molar-refractivity contribution in [2.24, 2.45) is 5.73 Å². The van der Waals surface area contributed by atoms with Gasteiger partial charge in [0.25, 0.3) is 5.89 Å². The first kappa shape index (κ1) is 12.5. The molecule has 6 heteroatoms. The Morgan fingerprint density at radius 2 is 2.24 bits per heavy atom. The SMILES string of the molecule is CN(C)CCc1noc(C2CCC(CN)O2)n1. The summed E-state index contributed by atoms with van der Waals surface area (Å²) >= 11 is 0. The Hall–Kier alpha value is -0.980. The van der Waals surface area contributed by atoms with Crippen molar-refractivity contribution in [3.05, 3.63) is 11.7 Å². The molecule has 1 aliphatic heterocycles. The van der Waals surface area contributed by atoms with E-state index >= 15 is 0 Å². The number of hydrogen-bond donors (Lipinski definition) is 1. The summed E-state index contributed by atoms with van der Waals surface area (Å²) in [7, 11) is 4.04. The zero-order valence-electron chi connectivity index (χ0n) is 10.4. The van der Waals surface area contributed by atoms with Crippen LogP contribution in [0, 0.1) is 0 Å². The Balaban J connectivity index is 1.90. The lowest BCUT2D eigenvalue weighted by molar-refractivity contribution is 0.0307. The molecule has 1 aromatic rings. The molecule has 6 nitrogen and oxygen atoms in total. The van der Waals surface area contributed by atoms with E-state index in [0.29, 0.717) is 12.4 Å². The predicted molar refractivity (Wildman–Crippen MR) is 62.5 cm³/mol. The Morgan fingerprint density at radius 1 is 1.41 bits per heavy atom. The van der Waals surface area contributed by atoms with E-state index < -0.39 is 0 Å². The molecule has 0 saturated carbocycles. The van der Waals surface area contributed by atoms with Crippen molar-refractivity contribution >= 4 is 0 Å². The van der Waals surface area contributed by atoms with Gasteiger partial charge in [0.05, 0.1) is 6.10 Å². The van der Waals surface area contributed by atoms with Crippen LogP contribution < -0.4 is 5.73 Å². The predicted octanol–water partition coefficient (Wildman–Crippen LogP) is 0.353. The van der Waals surface area contributed by atoms with Crippen molar-refractivity contribution in [1.29, 1.82) is 0 Å². The quantitative estimate of drug-likeness (QED) is 0.800. The fraction of sp³-hybridized carbons (Fsp3) is 0.818. The summed E-state index contributed by atoms with van der Waals surface area (Å²) in [6.45, 7) is 1.47. The fourth-order valence-corrected chi connectivity index (χ4v) is 1.88. The lowest BCUT2D eigenvalue weighted by Crippen LogP contribution is -2.18. The highest BCUT2D eigenvalue weighted by Gasteiger charge is 2.29. The molecule has 2 unspecified atom stereocenters. The number of aromatic nitrogens is 2. The number of nitrogens with two attached hydrogens (primary N) is 1. The molecule has 0 radical (unpaired) electrons. The number of nitrogens with zero attached hydrogens (tertiary/aromatic N) is 3. The minimum atomic E-state index is -0.0656. The second kappa shape index (κ2) is 5.57. The van der Waals surface area contributed by atoms with Gasteiger partial charge in [-0.2, -0.15) is 4.98 Å². The molecule has 1 fully saturated rings. The Kier molecular flexibility index (Phi) is 4.09. The highest BCUT2D eigenvalue weighted by Crippen LogP contribution is 2.31. The smallest absolute Gasteiger partial charge is 0.255 e. The van der Waals surface area contributed by atoms with Gasteiger partial charge in [-0.15, -0.1) is 0 Å². The summed E-state index contributed by atoms with van der Waals surface area (Å²) in [4.78, 5) is 6.45. The van der Waals surface area contributed by atoms with Crippen LogP contribution in [-0.4, -0.2) is 48.3 Å². The van der Waals surface area contributed by atoms with Gasteiger partial charge >= 0.3 is 0 Å². The average Bonchev–Trinajstić information content (AvgIpc) is 2.94. The van der Waals surface area contributed by atoms with Gasteiger partial charge in [-0.05, 0) is 26.9 Å². The first-order valence-electron chi connectivity index (χ1n) is 6.01. The molecule has 0 aliphatic carbocycles. The van der Waals surface area contributed by atoms with E-state index in [1.165, 1.54) is 0 Å². The molecule has 1 aromatic heterocycles. The van der Waals surface area contributed by atoms with Gasteiger partial charge in [0.1, 0.15) is 6.10 Å². The lowest BCUT2D eigenvalue weighted by atomic mass is 10.2. The number of likely N-dealkylation sites (N-methyl/N-ethyl adjacent to an activating group) is 1. The fourth-order valence-electron chi connectivity index (χ4n) is 1.88. The van der Waals surface area contributed by atoms with Gasteiger partial charge < -0.3 is 19.9 Å². The minimum absolute atomic E-state index is 0.0656. The molecule has 96 valence electrons. The van der Waals surface area contributed by atoms with Crippen molar-refractivity contribution in [2.75, 3.05) is 27.2 Å². The first-order valence-corrected chi connectivity index (χ1v) is 6.01. The van der Waals surface area contributed by atoms with Crippen LogP contribution in [0.5, 0.6) is 0 Å². The van der Waals surface area contributed by atoms with Crippen molar-refractivity contribution in [2.45, 2.75) is 31.5 Å². The standard InChI is InChI=1S/C11H20N4O2/c1-15(2)6-5-10-13-11(17-14-10)9-4-3-8(7-12)16-9/h8-9H,3-7,12H2,1-2H3. The van der Waals surface area contributed by atoms with Crippen molar-refractivity contribution in [3.63, 3.8) is 0 Å². The van der Waals surface area contributed by atoms with E-state index in [-0.39, 0.29) is 12.2 Å². The third-order valence-corrected chi connectivity index (χ3v) is 2.91. The molecular formula is C11H20N4O2. The maximum absolute atomic E-state index is 5.70. The summed E-state index contributed by atoms with van der Waals surface area (Å²) < 4.78 is 10.9. The van der Waals surface area contributed by atoms with Gasteiger partial charge in [-0.3, -0.25) is 0 Å². The van der Waals surface area contributed by atoms with Crippen molar-refractivity contribution in [1.82, 2.24) is 15.0 Å². The number of rotatable bonds is 5. The van der Waals surface area contributed by atoms with E-state index in [2.05, 4.69) is 15.0 Å². The van der Waals surface area contributed by atoms with E-state index in [4.69, 9.17) is 15.0 Å². The van der Waals surface area contributed by atoms with Crippen molar-refractivity contribution in [3.8, 4) is 0 Å². The molecule has 0 aromatic carbocycles. The van der Waals surface area contributed by atoms with E-state index in [0.717, 1.165) is 31.6 Å². The molecule has 2 heterocycles. The van der Waals surface area contributed by atoms with Crippen LogP contribution in [0.25, 0.3) is 0 Å². The van der Waals surface area contributed by atoms with Crippen LogP contribution in [0.4, 0.5) is 0 Å². The lowest BCUT2D eigenvalue weighted by Gasteiger charge is -2.07. The largest absolute Gasteiger partial charge is 0.364 e. The molecule has 2 N–H and O–H groups in total. The number of hydrogen-bond acceptors (Lipinski definition) is 6. The first-order chi connectivity index (χ1) is 8.19. The van der Waals surface area contributed by atoms with Gasteiger partial charge in [0, 0.05) is 19.5 Å². The van der Waals surface area contributed by atoms with Crippen LogP contribution in [0.15, 0.2) is 4.52 Å². The second-order valence-corrected chi connectivity index (χ2v) is 4.66. The minimum Gasteiger partial charge on any atom is -0.364 e. The topological polar surface area (TPSA) is 77.4 Å². The van der Waals surface area contributed by atoms with E-state index in [9.17, 15) is 0 Å². The summed E-state index contributed by atoms with van der Waals surface area (Å²) in [5, 5.41) is 3.96. The summed E-state index contributed by atoms with van der Waals surface area (Å²) in [6.07, 6.45) is 2.75.